The topological polar surface area (TPSA) is 32.7 Å². The van der Waals surface area contributed by atoms with Crippen molar-refractivity contribution in [3.63, 3.8) is 0 Å². The standard InChI is InChI=1S/C28H31NO2/c30-24-11-15-27-23(20-24)10-14-26(21-6-2-1-3-7-21)28(27)22-8-12-25(13-9-22)31-19-18-29-16-4-5-17-29/h1-3,6-9,11-13,15,20,26,28,30H,4-5,10,14,16-19H2/t26-,28+/m1/s1/i18D2,19D2. The van der Waals surface area contributed by atoms with E-state index in [4.69, 9.17) is 10.2 Å². The minimum atomic E-state index is -2.49. The number of rotatable bonds is 6. The molecule has 1 aliphatic carbocycles. The van der Waals surface area contributed by atoms with Crippen molar-refractivity contribution in [1.82, 2.24) is 4.90 Å². The lowest BCUT2D eigenvalue weighted by atomic mass is 9.69. The van der Waals surface area contributed by atoms with Gasteiger partial charge in [0.1, 0.15) is 18.1 Å². The molecule has 3 aromatic rings. The lowest BCUT2D eigenvalue weighted by Gasteiger charge is -2.35. The van der Waals surface area contributed by atoms with Crippen molar-refractivity contribution in [2.24, 2.45) is 0 Å². The second-order valence-corrected chi connectivity index (χ2v) is 8.50. The fraction of sp³-hybridized carbons (Fsp3) is 0.357. The Morgan fingerprint density at radius 3 is 2.48 bits per heavy atom. The number of phenols is 1. The zero-order valence-corrected chi connectivity index (χ0v) is 17.6. The van der Waals surface area contributed by atoms with Crippen LogP contribution in [0.2, 0.25) is 0 Å². The maximum Gasteiger partial charge on any atom is 0.119 e. The fourth-order valence-corrected chi connectivity index (χ4v) is 5.00. The monoisotopic (exact) mass is 417 g/mol. The summed E-state index contributed by atoms with van der Waals surface area (Å²) in [4.78, 5) is 1.53. The van der Waals surface area contributed by atoms with Gasteiger partial charge in [0.15, 0.2) is 0 Å². The summed E-state index contributed by atoms with van der Waals surface area (Å²) in [6, 6.07) is 23.5. The lowest BCUT2D eigenvalue weighted by Crippen LogP contribution is -2.25. The molecule has 1 fully saturated rings. The Morgan fingerprint density at radius 1 is 0.935 bits per heavy atom. The van der Waals surface area contributed by atoms with Gasteiger partial charge in [-0.1, -0.05) is 48.5 Å². The minimum absolute atomic E-state index is 0.0867. The van der Waals surface area contributed by atoms with Crippen molar-refractivity contribution in [3.05, 3.63) is 95.1 Å². The van der Waals surface area contributed by atoms with E-state index < -0.39 is 13.1 Å². The molecule has 0 amide bonds. The van der Waals surface area contributed by atoms with E-state index in [-0.39, 0.29) is 17.6 Å². The van der Waals surface area contributed by atoms with Gasteiger partial charge in [0.25, 0.3) is 0 Å². The third-order valence-electron chi connectivity index (χ3n) is 6.53. The molecule has 0 saturated carbocycles. The number of aryl methyl sites for hydroxylation is 1. The Bertz CT molecular complexity index is 1160. The molecule has 2 atom stereocenters. The largest absolute Gasteiger partial charge is 0.508 e. The van der Waals surface area contributed by atoms with Crippen molar-refractivity contribution in [3.8, 4) is 11.5 Å². The second-order valence-electron chi connectivity index (χ2n) is 8.50. The number of fused-ring (bicyclic) bond motifs is 1. The number of hydrogen-bond acceptors (Lipinski definition) is 3. The first-order chi connectivity index (χ1) is 16.8. The summed E-state index contributed by atoms with van der Waals surface area (Å²) in [5.41, 5.74) is 4.70. The van der Waals surface area contributed by atoms with Gasteiger partial charge in [-0.25, -0.2) is 0 Å². The number of benzene rings is 3. The summed E-state index contributed by atoms with van der Waals surface area (Å²) in [6.45, 7) is -3.63. The first kappa shape index (κ1) is 15.9. The molecule has 3 nitrogen and oxygen atoms in total. The van der Waals surface area contributed by atoms with Crippen LogP contribution in [-0.2, 0) is 6.42 Å². The van der Waals surface area contributed by atoms with Crippen LogP contribution < -0.4 is 4.74 Å². The molecule has 1 N–H and O–H groups in total. The van der Waals surface area contributed by atoms with E-state index in [9.17, 15) is 5.11 Å². The van der Waals surface area contributed by atoms with Gasteiger partial charge in [-0.3, -0.25) is 4.90 Å². The van der Waals surface area contributed by atoms with Gasteiger partial charge >= 0.3 is 0 Å². The van der Waals surface area contributed by atoms with Crippen molar-refractivity contribution in [2.45, 2.75) is 37.5 Å². The summed E-state index contributed by atoms with van der Waals surface area (Å²) in [5.74, 6) is 0.943. The molecule has 2 aliphatic rings. The number of likely N-dealkylation sites (tertiary alicyclic amines) is 1. The molecule has 3 heteroatoms. The molecule has 0 unspecified atom stereocenters. The van der Waals surface area contributed by atoms with Crippen LogP contribution in [0.25, 0.3) is 0 Å². The Morgan fingerprint density at radius 2 is 1.71 bits per heavy atom. The van der Waals surface area contributed by atoms with Crippen LogP contribution >= 0.6 is 0 Å². The molecular weight excluding hydrogens is 382 g/mol. The maximum atomic E-state index is 10.0. The van der Waals surface area contributed by atoms with Gasteiger partial charge in [0.05, 0.1) is 2.74 Å². The molecule has 0 bridgehead atoms. The predicted octanol–water partition coefficient (Wildman–Crippen LogP) is 5.73. The predicted molar refractivity (Wildman–Crippen MR) is 125 cm³/mol. The van der Waals surface area contributed by atoms with Crippen LogP contribution in [0.3, 0.4) is 0 Å². The summed E-state index contributed by atoms with van der Waals surface area (Å²) < 4.78 is 39.0. The van der Waals surface area contributed by atoms with Crippen LogP contribution in [0.1, 0.15) is 58.8 Å². The molecule has 1 heterocycles. The van der Waals surface area contributed by atoms with Crippen LogP contribution in [0.5, 0.6) is 11.5 Å². The molecule has 1 saturated heterocycles. The SMILES string of the molecule is [2H]C([2H])(Oc1ccc([C@@H]2c3ccc(O)cc3CC[C@@H]2c2ccccc2)cc1)C([2H])([2H])N1CCCC1. The fourth-order valence-electron chi connectivity index (χ4n) is 5.00. The van der Waals surface area contributed by atoms with E-state index in [0.29, 0.717) is 18.8 Å². The van der Waals surface area contributed by atoms with Crippen molar-refractivity contribution in [1.29, 1.82) is 0 Å². The molecule has 5 rings (SSSR count). The van der Waals surface area contributed by atoms with E-state index >= 15 is 0 Å². The molecule has 1 aliphatic heterocycles. The van der Waals surface area contributed by atoms with Crippen LogP contribution in [0, 0.1) is 0 Å². The Balaban J connectivity index is 1.44. The molecular formula is C28H31NO2. The third-order valence-corrected chi connectivity index (χ3v) is 6.53. The van der Waals surface area contributed by atoms with E-state index in [1.807, 2.05) is 30.3 Å². The number of ether oxygens (including phenoxy) is 1. The number of hydrogen-bond donors (Lipinski definition) is 1. The van der Waals surface area contributed by atoms with Gasteiger partial charge in [-0.05, 0) is 91.2 Å². The normalized spacial score (nSPS) is 23.9. The number of nitrogens with zero attached hydrogens (tertiary/aromatic N) is 1. The minimum Gasteiger partial charge on any atom is -0.508 e. The van der Waals surface area contributed by atoms with Gasteiger partial charge in [-0.2, -0.15) is 0 Å². The van der Waals surface area contributed by atoms with E-state index in [1.54, 1.807) is 18.2 Å². The van der Waals surface area contributed by atoms with Crippen LogP contribution in [0.15, 0.2) is 72.8 Å². The van der Waals surface area contributed by atoms with E-state index in [2.05, 4.69) is 24.3 Å². The molecule has 0 aromatic heterocycles. The highest BCUT2D eigenvalue weighted by atomic mass is 16.5. The summed E-state index contributed by atoms with van der Waals surface area (Å²) >= 11 is 0. The average molecular weight is 418 g/mol. The highest BCUT2D eigenvalue weighted by Gasteiger charge is 2.32. The van der Waals surface area contributed by atoms with E-state index in [0.717, 1.165) is 36.8 Å². The second kappa shape index (κ2) is 9.15. The van der Waals surface area contributed by atoms with E-state index in [1.165, 1.54) is 16.0 Å². The van der Waals surface area contributed by atoms with Crippen LogP contribution in [0.4, 0.5) is 0 Å². The van der Waals surface area contributed by atoms with Crippen LogP contribution in [-0.4, -0.2) is 36.2 Å². The van der Waals surface area contributed by atoms with Gasteiger partial charge in [0.2, 0.25) is 0 Å². The molecule has 3 aromatic carbocycles. The Hall–Kier alpha value is -2.78. The highest BCUT2D eigenvalue weighted by molar-refractivity contribution is 5.48. The van der Waals surface area contributed by atoms with Crippen molar-refractivity contribution >= 4 is 0 Å². The summed E-state index contributed by atoms with van der Waals surface area (Å²) in [5, 5.41) is 10.0. The number of aromatic hydroxyl groups is 1. The summed E-state index contributed by atoms with van der Waals surface area (Å²) in [6.07, 6.45) is 3.59. The first-order valence-corrected chi connectivity index (χ1v) is 11.2. The highest BCUT2D eigenvalue weighted by Crippen LogP contribution is 2.47. The quantitative estimate of drug-likeness (QED) is 0.556. The Labute approximate surface area is 190 Å². The van der Waals surface area contributed by atoms with Gasteiger partial charge in [-0.15, -0.1) is 0 Å². The van der Waals surface area contributed by atoms with Gasteiger partial charge < -0.3 is 9.84 Å². The molecule has 0 spiro atoms. The van der Waals surface area contributed by atoms with Crippen molar-refractivity contribution in [2.75, 3.05) is 26.1 Å². The molecule has 160 valence electrons. The zero-order chi connectivity index (χ0) is 24.6. The summed E-state index contributed by atoms with van der Waals surface area (Å²) in [7, 11) is 0. The van der Waals surface area contributed by atoms with Crippen molar-refractivity contribution < 1.29 is 15.3 Å². The molecule has 31 heavy (non-hydrogen) atoms. The maximum absolute atomic E-state index is 10.0. The number of phenolic OH excluding ortho intramolecular Hbond substituents is 1. The zero-order valence-electron chi connectivity index (χ0n) is 21.6. The first-order valence-electron chi connectivity index (χ1n) is 13.2. The Kier molecular flexibility index (Phi) is 4.71. The smallest absolute Gasteiger partial charge is 0.119 e. The lowest BCUT2D eigenvalue weighted by molar-refractivity contribution is 0.237. The third kappa shape index (κ3) is 4.47. The average Bonchev–Trinajstić information content (AvgIpc) is 3.40. The van der Waals surface area contributed by atoms with Gasteiger partial charge in [0, 0.05) is 15.2 Å². The molecule has 0 radical (unpaired) electrons.